The highest BCUT2D eigenvalue weighted by Gasteiger charge is 2.21. The Bertz CT molecular complexity index is 552. The van der Waals surface area contributed by atoms with Crippen LogP contribution in [-0.2, 0) is 4.79 Å². The van der Waals surface area contributed by atoms with Gasteiger partial charge in [-0.05, 0) is 17.0 Å². The van der Waals surface area contributed by atoms with Crippen molar-refractivity contribution < 1.29 is 4.79 Å². The van der Waals surface area contributed by atoms with E-state index in [0.717, 1.165) is 11.1 Å². The fraction of sp³-hybridized carbons (Fsp3) is 0.222. The highest BCUT2D eigenvalue weighted by molar-refractivity contribution is 5.87. The molecule has 0 fully saturated rings. The van der Waals surface area contributed by atoms with Crippen molar-refractivity contribution in [2.45, 2.75) is 19.8 Å². The summed E-state index contributed by atoms with van der Waals surface area (Å²) in [6, 6.07) is 19.5. The van der Waals surface area contributed by atoms with Crippen LogP contribution in [0.5, 0.6) is 0 Å². The second-order valence-corrected chi connectivity index (χ2v) is 5.25. The van der Waals surface area contributed by atoms with Gasteiger partial charge in [0.15, 0.2) is 0 Å². The molecular weight excluding hydrogens is 260 g/mol. The monoisotopic (exact) mass is 280 g/mol. The van der Waals surface area contributed by atoms with Crippen LogP contribution in [0.2, 0.25) is 0 Å². The number of hydrogen-bond acceptors (Lipinski definition) is 2. The van der Waals surface area contributed by atoms with E-state index in [1.807, 2.05) is 74.5 Å². The standard InChI is InChI=1S/C18H20N2O/c1-14(2)13-19-20-18(21)17(15-9-5-3-6-10-15)16-11-7-4-8-12-16/h3-14,17H,1-2H3,(H,20,21). The SMILES string of the molecule is CC(C)C=NNC(=O)C(c1ccccc1)c1ccccc1. The maximum atomic E-state index is 12.5. The Hall–Kier alpha value is -2.42. The van der Waals surface area contributed by atoms with Crippen LogP contribution in [0.3, 0.4) is 0 Å². The number of benzene rings is 2. The largest absolute Gasteiger partial charge is 0.272 e. The molecule has 3 nitrogen and oxygen atoms in total. The molecule has 0 bridgehead atoms. The van der Waals surface area contributed by atoms with Gasteiger partial charge in [-0.3, -0.25) is 4.79 Å². The number of carbonyl (C=O) groups is 1. The highest BCUT2D eigenvalue weighted by atomic mass is 16.2. The fourth-order valence-electron chi connectivity index (χ4n) is 2.10. The van der Waals surface area contributed by atoms with E-state index >= 15 is 0 Å². The van der Waals surface area contributed by atoms with Crippen molar-refractivity contribution >= 4 is 12.1 Å². The normalized spacial score (nSPS) is 11.2. The highest BCUT2D eigenvalue weighted by Crippen LogP contribution is 2.24. The Balaban J connectivity index is 2.27. The van der Waals surface area contributed by atoms with Crippen molar-refractivity contribution in [1.29, 1.82) is 0 Å². The van der Waals surface area contributed by atoms with Crippen LogP contribution in [0.1, 0.15) is 30.9 Å². The van der Waals surface area contributed by atoms with Crippen LogP contribution in [0.15, 0.2) is 65.8 Å². The van der Waals surface area contributed by atoms with Gasteiger partial charge >= 0.3 is 0 Å². The summed E-state index contributed by atoms with van der Waals surface area (Å²) in [7, 11) is 0. The lowest BCUT2D eigenvalue weighted by molar-refractivity contribution is -0.121. The average Bonchev–Trinajstić information content (AvgIpc) is 2.49. The van der Waals surface area contributed by atoms with E-state index in [4.69, 9.17) is 0 Å². The topological polar surface area (TPSA) is 41.5 Å². The molecule has 1 amide bonds. The summed E-state index contributed by atoms with van der Waals surface area (Å²) in [5.41, 5.74) is 4.56. The lowest BCUT2D eigenvalue weighted by atomic mass is 9.91. The van der Waals surface area contributed by atoms with Crippen molar-refractivity contribution in [2.75, 3.05) is 0 Å². The summed E-state index contributed by atoms with van der Waals surface area (Å²) in [6.45, 7) is 4.03. The Morgan fingerprint density at radius 2 is 1.43 bits per heavy atom. The van der Waals surface area contributed by atoms with Crippen LogP contribution < -0.4 is 5.43 Å². The van der Waals surface area contributed by atoms with Crippen molar-refractivity contribution in [2.24, 2.45) is 11.0 Å². The maximum absolute atomic E-state index is 12.5. The molecule has 0 aromatic heterocycles. The first-order chi connectivity index (χ1) is 10.2. The third-order valence-electron chi connectivity index (χ3n) is 3.08. The van der Waals surface area contributed by atoms with E-state index in [2.05, 4.69) is 10.5 Å². The Labute approximate surface area is 125 Å². The minimum absolute atomic E-state index is 0.121. The van der Waals surface area contributed by atoms with Gasteiger partial charge in [-0.25, -0.2) is 5.43 Å². The summed E-state index contributed by atoms with van der Waals surface area (Å²) < 4.78 is 0. The second kappa shape index (κ2) is 7.39. The summed E-state index contributed by atoms with van der Waals surface area (Å²) >= 11 is 0. The van der Waals surface area contributed by atoms with Crippen molar-refractivity contribution in [3.05, 3.63) is 71.8 Å². The summed E-state index contributed by atoms with van der Waals surface area (Å²) in [5.74, 6) is -0.168. The molecule has 0 aliphatic rings. The number of nitrogens with zero attached hydrogens (tertiary/aromatic N) is 1. The summed E-state index contributed by atoms with van der Waals surface area (Å²) in [4.78, 5) is 12.5. The molecule has 21 heavy (non-hydrogen) atoms. The molecule has 2 rings (SSSR count). The van der Waals surface area contributed by atoms with E-state index in [1.54, 1.807) is 6.21 Å². The zero-order valence-corrected chi connectivity index (χ0v) is 12.4. The average molecular weight is 280 g/mol. The molecule has 0 saturated carbocycles. The van der Waals surface area contributed by atoms with E-state index in [9.17, 15) is 4.79 Å². The zero-order valence-electron chi connectivity index (χ0n) is 12.4. The lowest BCUT2D eigenvalue weighted by Gasteiger charge is -2.16. The maximum Gasteiger partial charge on any atom is 0.252 e. The van der Waals surface area contributed by atoms with Gasteiger partial charge in [0.05, 0.1) is 5.92 Å². The van der Waals surface area contributed by atoms with Crippen LogP contribution in [0.25, 0.3) is 0 Å². The molecule has 0 atom stereocenters. The first kappa shape index (κ1) is 15.0. The van der Waals surface area contributed by atoms with E-state index < -0.39 is 0 Å². The Morgan fingerprint density at radius 1 is 0.952 bits per heavy atom. The van der Waals surface area contributed by atoms with Crippen LogP contribution in [0.4, 0.5) is 0 Å². The van der Waals surface area contributed by atoms with E-state index in [0.29, 0.717) is 5.92 Å². The zero-order chi connectivity index (χ0) is 15.1. The molecule has 1 N–H and O–H groups in total. The lowest BCUT2D eigenvalue weighted by Crippen LogP contribution is -2.26. The first-order valence-corrected chi connectivity index (χ1v) is 7.11. The predicted octanol–water partition coefficient (Wildman–Crippen LogP) is 3.58. The molecule has 0 spiro atoms. The first-order valence-electron chi connectivity index (χ1n) is 7.11. The quantitative estimate of drug-likeness (QED) is 0.660. The van der Waals surface area contributed by atoms with Crippen molar-refractivity contribution in [3.8, 4) is 0 Å². The number of hydrogen-bond donors (Lipinski definition) is 1. The molecule has 2 aromatic carbocycles. The van der Waals surface area contributed by atoms with Gasteiger partial charge in [-0.15, -0.1) is 0 Å². The van der Waals surface area contributed by atoms with Gasteiger partial charge in [0.2, 0.25) is 0 Å². The van der Waals surface area contributed by atoms with Crippen LogP contribution in [-0.4, -0.2) is 12.1 Å². The Kier molecular flexibility index (Phi) is 5.27. The third-order valence-corrected chi connectivity index (χ3v) is 3.08. The number of amides is 1. The van der Waals surface area contributed by atoms with Gasteiger partial charge in [0.25, 0.3) is 5.91 Å². The van der Waals surface area contributed by atoms with Gasteiger partial charge in [-0.1, -0.05) is 74.5 Å². The minimum Gasteiger partial charge on any atom is -0.272 e. The second-order valence-electron chi connectivity index (χ2n) is 5.25. The number of carbonyl (C=O) groups excluding carboxylic acids is 1. The summed E-state index contributed by atoms with van der Waals surface area (Å²) in [6.07, 6.45) is 1.73. The number of hydrazone groups is 1. The van der Waals surface area contributed by atoms with Crippen LogP contribution >= 0.6 is 0 Å². The van der Waals surface area contributed by atoms with Crippen molar-refractivity contribution in [3.63, 3.8) is 0 Å². The van der Waals surface area contributed by atoms with Gasteiger partial charge in [0, 0.05) is 6.21 Å². The van der Waals surface area contributed by atoms with Gasteiger partial charge in [0.1, 0.15) is 0 Å². The fourth-order valence-corrected chi connectivity index (χ4v) is 2.10. The summed E-state index contributed by atoms with van der Waals surface area (Å²) in [5, 5.41) is 4.02. The molecule has 3 heteroatoms. The van der Waals surface area contributed by atoms with Gasteiger partial charge < -0.3 is 0 Å². The van der Waals surface area contributed by atoms with Crippen molar-refractivity contribution in [1.82, 2.24) is 5.43 Å². The molecular formula is C18H20N2O. The van der Waals surface area contributed by atoms with E-state index in [-0.39, 0.29) is 11.8 Å². The predicted molar refractivity (Wildman–Crippen MR) is 86.2 cm³/mol. The molecule has 2 aromatic rings. The molecule has 0 radical (unpaired) electrons. The molecule has 0 unspecified atom stereocenters. The molecule has 0 aliphatic heterocycles. The van der Waals surface area contributed by atoms with Crippen LogP contribution in [0, 0.1) is 5.92 Å². The Morgan fingerprint density at radius 3 is 1.86 bits per heavy atom. The third kappa shape index (κ3) is 4.28. The molecule has 108 valence electrons. The molecule has 0 heterocycles. The number of nitrogens with one attached hydrogen (secondary N) is 1. The molecule has 0 aliphatic carbocycles. The van der Waals surface area contributed by atoms with E-state index in [1.165, 1.54) is 0 Å². The molecule has 0 saturated heterocycles. The van der Waals surface area contributed by atoms with Gasteiger partial charge in [-0.2, -0.15) is 5.10 Å². The smallest absolute Gasteiger partial charge is 0.252 e. The minimum atomic E-state index is -0.350. The number of rotatable bonds is 5.